The van der Waals surface area contributed by atoms with Gasteiger partial charge >= 0.3 is 0 Å². The molecule has 0 saturated carbocycles. The molecular formula is C21H16N5+. The molecular weight excluding hydrogens is 322 g/mol. The van der Waals surface area contributed by atoms with Gasteiger partial charge in [0.15, 0.2) is 0 Å². The van der Waals surface area contributed by atoms with Crippen LogP contribution in [0.15, 0.2) is 67.1 Å². The quantitative estimate of drug-likeness (QED) is 0.431. The van der Waals surface area contributed by atoms with Gasteiger partial charge in [-0.25, -0.2) is 18.7 Å². The second-order valence-corrected chi connectivity index (χ2v) is 6.49. The van der Waals surface area contributed by atoms with Crippen LogP contribution in [0.4, 0.5) is 0 Å². The van der Waals surface area contributed by atoms with Gasteiger partial charge in [0, 0.05) is 24.2 Å². The summed E-state index contributed by atoms with van der Waals surface area (Å²) in [5, 5.41) is 0. The van der Waals surface area contributed by atoms with Crippen LogP contribution in [0.5, 0.6) is 0 Å². The fraction of sp³-hybridized carbons (Fsp3) is 0.0952. The highest BCUT2D eigenvalue weighted by atomic mass is 15.2. The minimum Gasteiger partial charge on any atom is -0.264 e. The molecule has 0 N–H and O–H groups in total. The van der Waals surface area contributed by atoms with Crippen LogP contribution >= 0.6 is 0 Å². The molecule has 0 radical (unpaired) electrons. The van der Waals surface area contributed by atoms with Crippen molar-refractivity contribution >= 4 is 22.2 Å². The summed E-state index contributed by atoms with van der Waals surface area (Å²) in [6, 6.07) is 15.6. The fourth-order valence-corrected chi connectivity index (χ4v) is 4.07. The molecule has 1 aromatic carbocycles. The topological polar surface area (TPSA) is 39.5 Å². The van der Waals surface area contributed by atoms with Gasteiger partial charge in [0.1, 0.15) is 16.7 Å². The Kier molecular flexibility index (Phi) is 2.06. The molecule has 0 spiro atoms. The smallest absolute Gasteiger partial charge is 0.264 e. The van der Waals surface area contributed by atoms with E-state index in [4.69, 9.17) is 4.11 Å². The van der Waals surface area contributed by atoms with Crippen molar-refractivity contribution in [3.05, 3.63) is 72.7 Å². The molecule has 5 heterocycles. The van der Waals surface area contributed by atoms with E-state index in [2.05, 4.69) is 14.5 Å². The Morgan fingerprint density at radius 2 is 2.00 bits per heavy atom. The first kappa shape index (κ1) is 11.2. The number of fused-ring (bicyclic) bond motifs is 7. The molecule has 1 aliphatic heterocycles. The van der Waals surface area contributed by atoms with Gasteiger partial charge in [0.05, 0.1) is 23.2 Å². The minimum atomic E-state index is -2.36. The predicted molar refractivity (Wildman–Crippen MR) is 100 cm³/mol. The van der Waals surface area contributed by atoms with Crippen molar-refractivity contribution in [2.45, 2.75) is 6.54 Å². The summed E-state index contributed by atoms with van der Waals surface area (Å²) in [6.07, 6.45) is 5.26. The molecule has 26 heavy (non-hydrogen) atoms. The van der Waals surface area contributed by atoms with E-state index >= 15 is 0 Å². The highest BCUT2D eigenvalue weighted by Crippen LogP contribution is 2.37. The lowest BCUT2D eigenvalue weighted by Crippen LogP contribution is -2.31. The van der Waals surface area contributed by atoms with Crippen molar-refractivity contribution in [2.75, 3.05) is 0 Å². The van der Waals surface area contributed by atoms with Gasteiger partial charge < -0.3 is 0 Å². The number of aromatic nitrogens is 5. The van der Waals surface area contributed by atoms with Gasteiger partial charge in [-0.3, -0.25) is 4.98 Å². The molecule has 0 unspecified atom stereocenters. The van der Waals surface area contributed by atoms with Crippen molar-refractivity contribution in [3.8, 4) is 17.1 Å². The number of hydrogen-bond donors (Lipinski definition) is 0. The second kappa shape index (κ2) is 4.79. The van der Waals surface area contributed by atoms with Gasteiger partial charge in [-0.05, 0) is 30.3 Å². The third-order valence-electron chi connectivity index (χ3n) is 5.11. The molecule has 124 valence electrons. The first-order valence-corrected chi connectivity index (χ1v) is 8.48. The summed E-state index contributed by atoms with van der Waals surface area (Å²) < 4.78 is 30.6. The van der Waals surface area contributed by atoms with Gasteiger partial charge in [-0.1, -0.05) is 18.2 Å². The van der Waals surface area contributed by atoms with Crippen LogP contribution in [-0.2, 0) is 13.5 Å². The maximum atomic E-state index is 8.35. The summed E-state index contributed by atoms with van der Waals surface area (Å²) in [5.41, 5.74) is 5.93. The lowest BCUT2D eigenvalue weighted by atomic mass is 10.2. The van der Waals surface area contributed by atoms with E-state index in [1.54, 1.807) is 12.4 Å². The first-order valence-electron chi connectivity index (χ1n) is 9.98. The number of benzene rings is 1. The number of nitrogens with zero attached hydrogens (tertiary/aromatic N) is 5. The molecule has 5 nitrogen and oxygen atoms in total. The highest BCUT2D eigenvalue weighted by molar-refractivity contribution is 6.03. The van der Waals surface area contributed by atoms with E-state index in [0.717, 1.165) is 33.4 Å². The van der Waals surface area contributed by atoms with Crippen molar-refractivity contribution in [2.24, 2.45) is 6.98 Å². The largest absolute Gasteiger partial charge is 0.276 e. The number of pyridine rings is 2. The fourth-order valence-electron chi connectivity index (χ4n) is 4.07. The molecule has 0 amide bonds. The molecule has 0 fully saturated rings. The highest BCUT2D eigenvalue weighted by Gasteiger charge is 2.35. The van der Waals surface area contributed by atoms with Crippen LogP contribution in [-0.4, -0.2) is 19.1 Å². The molecule has 0 atom stereocenters. The van der Waals surface area contributed by atoms with E-state index in [0.29, 0.717) is 18.0 Å². The third-order valence-corrected chi connectivity index (χ3v) is 5.11. The Bertz CT molecular complexity index is 1410. The van der Waals surface area contributed by atoms with Crippen LogP contribution in [0.25, 0.3) is 39.3 Å². The molecule has 4 aromatic heterocycles. The van der Waals surface area contributed by atoms with E-state index in [-0.39, 0.29) is 0 Å². The predicted octanol–water partition coefficient (Wildman–Crippen LogP) is 3.23. The Morgan fingerprint density at radius 1 is 1.08 bits per heavy atom. The van der Waals surface area contributed by atoms with Crippen LogP contribution in [0.2, 0.25) is 0 Å². The van der Waals surface area contributed by atoms with E-state index in [9.17, 15) is 0 Å². The first-order chi connectivity index (χ1) is 14.1. The number of aryl methyl sites for hydroxylation is 1. The van der Waals surface area contributed by atoms with Gasteiger partial charge in [0.25, 0.3) is 5.65 Å². The molecule has 6 rings (SSSR count). The monoisotopic (exact) mass is 341 g/mol. The summed E-state index contributed by atoms with van der Waals surface area (Å²) >= 11 is 0. The molecule has 5 heteroatoms. The number of imidazole rings is 1. The number of para-hydroxylation sites is 1. The van der Waals surface area contributed by atoms with Gasteiger partial charge in [-0.2, -0.15) is 0 Å². The normalized spacial score (nSPS) is 14.8. The maximum absolute atomic E-state index is 8.35. The summed E-state index contributed by atoms with van der Waals surface area (Å²) in [6.45, 7) is -1.78. The van der Waals surface area contributed by atoms with E-state index < -0.39 is 6.98 Å². The van der Waals surface area contributed by atoms with E-state index in [1.165, 1.54) is 4.57 Å². The van der Waals surface area contributed by atoms with E-state index in [1.807, 2.05) is 59.3 Å². The van der Waals surface area contributed by atoms with Crippen LogP contribution in [0, 0.1) is 0 Å². The Balaban J connectivity index is 1.88. The maximum Gasteiger partial charge on any atom is 0.276 e. The molecule has 5 aromatic rings. The third kappa shape index (κ3) is 1.57. The van der Waals surface area contributed by atoms with Crippen molar-refractivity contribution in [3.63, 3.8) is 0 Å². The zero-order valence-corrected chi connectivity index (χ0v) is 13.8. The van der Waals surface area contributed by atoms with Crippen molar-refractivity contribution in [1.29, 1.82) is 0 Å². The summed E-state index contributed by atoms with van der Waals surface area (Å²) in [7, 11) is 0. The molecule has 1 aliphatic rings. The molecule has 0 saturated heterocycles. The molecule has 0 bridgehead atoms. The van der Waals surface area contributed by atoms with Crippen LogP contribution < -0.4 is 4.57 Å². The Hall–Kier alpha value is -3.47. The molecule has 0 aliphatic carbocycles. The van der Waals surface area contributed by atoms with Crippen LogP contribution in [0.3, 0.4) is 0 Å². The van der Waals surface area contributed by atoms with Gasteiger partial charge in [-0.15, -0.1) is 0 Å². The SMILES string of the molecule is [2H]C([2H])([2H])[n+]1c2n(c3c4ncccc4n(-c4ccccc4)c31)Cc1cnccc1-2. The Morgan fingerprint density at radius 3 is 2.88 bits per heavy atom. The standard InChI is InChI=1S/C21H16N5/c1-24-20-16-9-11-22-12-14(16)13-25(20)19-18-17(8-5-10-23-18)26(21(19)24)15-6-3-2-4-7-15/h2-12H,13H2,1H3/q+1/i1D3. The number of rotatable bonds is 1. The lowest BCUT2D eigenvalue weighted by Gasteiger charge is -2.03. The lowest BCUT2D eigenvalue weighted by molar-refractivity contribution is -0.636. The Labute approximate surface area is 154 Å². The van der Waals surface area contributed by atoms with Crippen LogP contribution in [0.1, 0.15) is 9.68 Å². The average molecular weight is 341 g/mol. The zero-order chi connectivity index (χ0) is 19.8. The van der Waals surface area contributed by atoms with Crippen molar-refractivity contribution in [1.82, 2.24) is 19.1 Å². The number of hydrogen-bond acceptors (Lipinski definition) is 2. The summed E-state index contributed by atoms with van der Waals surface area (Å²) in [5.74, 6) is 0.671. The van der Waals surface area contributed by atoms with Gasteiger partial charge in [0.2, 0.25) is 11.3 Å². The minimum absolute atomic E-state index is 0.572. The summed E-state index contributed by atoms with van der Waals surface area (Å²) in [4.78, 5) is 8.86. The average Bonchev–Trinajstić information content (AvgIpc) is 3.34. The zero-order valence-electron chi connectivity index (χ0n) is 16.8. The second-order valence-electron chi connectivity index (χ2n) is 6.49. The van der Waals surface area contributed by atoms with Crippen molar-refractivity contribution < 1.29 is 8.68 Å².